The van der Waals surface area contributed by atoms with E-state index in [9.17, 15) is 14.4 Å². The molecule has 2 aliphatic heterocycles. The zero-order valence-electron chi connectivity index (χ0n) is 24.5. The van der Waals surface area contributed by atoms with Gasteiger partial charge in [0.2, 0.25) is 5.91 Å². The number of carbonyl (C=O) groups is 2. The van der Waals surface area contributed by atoms with Gasteiger partial charge in [0.15, 0.2) is 0 Å². The Bertz CT molecular complexity index is 1280. The fourth-order valence-corrected chi connectivity index (χ4v) is 6.52. The van der Waals surface area contributed by atoms with E-state index in [2.05, 4.69) is 34.3 Å². The van der Waals surface area contributed by atoms with Gasteiger partial charge < -0.3 is 21.3 Å². The molecule has 0 bridgehead atoms. The first-order valence-electron chi connectivity index (χ1n) is 14.9. The van der Waals surface area contributed by atoms with Crippen LogP contribution in [-0.4, -0.2) is 93.6 Å². The smallest absolute Gasteiger partial charge is 0.338 e. The van der Waals surface area contributed by atoms with Gasteiger partial charge in [-0.1, -0.05) is 25.5 Å². The minimum atomic E-state index is -0.945. The molecule has 3 amide bonds. The van der Waals surface area contributed by atoms with Gasteiger partial charge in [0.05, 0.1) is 11.2 Å². The van der Waals surface area contributed by atoms with Crippen molar-refractivity contribution in [1.29, 1.82) is 0 Å². The molecule has 5 rings (SSSR count). The standard InChI is InChI=1S/C30H44N8O3/c1-4-5-22(37-18-24-23(17-31)25(24)19-37)16-20-6-8-21(9-7-20)38-11-10-26(34-29(38)41)33-28(40)36-14-12-35(13-15-36)27(39)30(2,3)32/h6-11,22-25H,4-5,12-19,31-32H2,1-3H3,(H,33,34,40,41). The summed E-state index contributed by atoms with van der Waals surface area (Å²) in [5.74, 6) is 2.37. The fourth-order valence-electron chi connectivity index (χ4n) is 6.52. The predicted molar refractivity (Wildman–Crippen MR) is 159 cm³/mol. The number of piperidine rings is 1. The maximum Gasteiger partial charge on any atom is 0.354 e. The molecule has 5 N–H and O–H groups in total. The van der Waals surface area contributed by atoms with Crippen LogP contribution >= 0.6 is 0 Å². The number of carbonyl (C=O) groups excluding carboxylic acids is 2. The second-order valence-electron chi connectivity index (χ2n) is 12.4. The lowest BCUT2D eigenvalue weighted by molar-refractivity contribution is -0.137. The molecule has 11 nitrogen and oxygen atoms in total. The zero-order valence-corrected chi connectivity index (χ0v) is 24.5. The van der Waals surface area contributed by atoms with Crippen LogP contribution in [0.2, 0.25) is 0 Å². The number of benzene rings is 1. The minimum absolute atomic E-state index is 0.138. The minimum Gasteiger partial charge on any atom is -0.338 e. The summed E-state index contributed by atoms with van der Waals surface area (Å²) in [5, 5.41) is 2.71. The van der Waals surface area contributed by atoms with Gasteiger partial charge in [-0.15, -0.1) is 0 Å². The van der Waals surface area contributed by atoms with Crippen molar-refractivity contribution < 1.29 is 9.59 Å². The number of hydrogen-bond acceptors (Lipinski definition) is 7. The number of urea groups is 1. The molecule has 0 spiro atoms. The average molecular weight is 565 g/mol. The van der Waals surface area contributed by atoms with E-state index < -0.39 is 11.2 Å². The largest absolute Gasteiger partial charge is 0.354 e. The van der Waals surface area contributed by atoms with Crippen molar-refractivity contribution in [3.63, 3.8) is 0 Å². The molecule has 1 aliphatic carbocycles. The number of piperazine rings is 1. The Balaban J connectivity index is 1.16. The molecule has 2 aromatic rings. The van der Waals surface area contributed by atoms with Gasteiger partial charge in [-0.3, -0.25) is 19.6 Å². The summed E-state index contributed by atoms with van der Waals surface area (Å²) in [4.78, 5) is 48.0. The number of anilines is 1. The first-order valence-corrected chi connectivity index (χ1v) is 14.9. The highest BCUT2D eigenvalue weighted by atomic mass is 16.2. The molecule has 41 heavy (non-hydrogen) atoms. The highest BCUT2D eigenvalue weighted by molar-refractivity contribution is 5.89. The van der Waals surface area contributed by atoms with Crippen molar-refractivity contribution in [3.8, 4) is 5.69 Å². The number of amides is 3. The quantitative estimate of drug-likeness (QED) is 0.419. The molecule has 3 heterocycles. The first kappa shape index (κ1) is 29.2. The summed E-state index contributed by atoms with van der Waals surface area (Å²) >= 11 is 0. The number of nitrogens with one attached hydrogen (secondary N) is 1. The molecule has 1 saturated carbocycles. The number of nitrogens with zero attached hydrogens (tertiary/aromatic N) is 5. The molecule has 222 valence electrons. The van der Waals surface area contributed by atoms with Crippen LogP contribution in [0.3, 0.4) is 0 Å². The van der Waals surface area contributed by atoms with E-state index in [0.29, 0.717) is 32.2 Å². The lowest BCUT2D eigenvalue weighted by atomic mass is 10.00. The Morgan fingerprint density at radius 1 is 1.05 bits per heavy atom. The van der Waals surface area contributed by atoms with E-state index in [1.165, 1.54) is 29.6 Å². The third-order valence-electron chi connectivity index (χ3n) is 8.94. The molecular formula is C30H44N8O3. The van der Waals surface area contributed by atoms with E-state index in [4.69, 9.17) is 11.5 Å². The van der Waals surface area contributed by atoms with Crippen molar-refractivity contribution in [3.05, 3.63) is 52.6 Å². The second-order valence-corrected chi connectivity index (χ2v) is 12.4. The maximum absolute atomic E-state index is 12.8. The summed E-state index contributed by atoms with van der Waals surface area (Å²) < 4.78 is 1.48. The molecule has 3 fully saturated rings. The van der Waals surface area contributed by atoms with E-state index in [0.717, 1.165) is 42.8 Å². The highest BCUT2D eigenvalue weighted by Gasteiger charge is 2.55. The molecule has 1 aromatic heterocycles. The lowest BCUT2D eigenvalue weighted by Gasteiger charge is -2.37. The molecular weight excluding hydrogens is 520 g/mol. The van der Waals surface area contributed by atoms with Gasteiger partial charge in [0.1, 0.15) is 5.82 Å². The SMILES string of the molecule is CCCC(Cc1ccc(-n2ccc(NC(=O)N3CCN(C(=O)C(C)(C)N)CC3)nc2=O)cc1)N1CC2C(CN)C2C1. The number of fused-ring (bicyclic) bond motifs is 1. The number of aromatic nitrogens is 2. The molecule has 3 atom stereocenters. The van der Waals surface area contributed by atoms with Gasteiger partial charge in [-0.25, -0.2) is 9.59 Å². The number of hydrogen-bond donors (Lipinski definition) is 3. The number of likely N-dealkylation sites (tertiary alicyclic amines) is 1. The Kier molecular flexibility index (Phi) is 8.49. The second kappa shape index (κ2) is 11.9. The molecule has 3 unspecified atom stereocenters. The van der Waals surface area contributed by atoms with Crippen LogP contribution in [0.5, 0.6) is 0 Å². The van der Waals surface area contributed by atoms with Gasteiger partial charge >= 0.3 is 11.7 Å². The van der Waals surface area contributed by atoms with Gasteiger partial charge in [0.25, 0.3) is 0 Å². The summed E-state index contributed by atoms with van der Waals surface area (Å²) in [7, 11) is 0. The van der Waals surface area contributed by atoms with Crippen molar-refractivity contribution in [1.82, 2.24) is 24.3 Å². The van der Waals surface area contributed by atoms with Gasteiger partial charge in [-0.05, 0) is 74.8 Å². The van der Waals surface area contributed by atoms with Crippen LogP contribution in [0.1, 0.15) is 39.2 Å². The number of rotatable bonds is 9. The number of nitrogens with two attached hydrogens (primary N) is 2. The van der Waals surface area contributed by atoms with E-state index >= 15 is 0 Å². The third kappa shape index (κ3) is 6.47. The third-order valence-corrected chi connectivity index (χ3v) is 8.94. The van der Waals surface area contributed by atoms with E-state index in [-0.39, 0.29) is 17.8 Å². The zero-order chi connectivity index (χ0) is 29.3. The summed E-state index contributed by atoms with van der Waals surface area (Å²) in [6.45, 7) is 10.3. The van der Waals surface area contributed by atoms with Gasteiger partial charge in [-0.2, -0.15) is 4.98 Å². The Morgan fingerprint density at radius 3 is 2.24 bits per heavy atom. The summed E-state index contributed by atoms with van der Waals surface area (Å²) in [5.41, 5.74) is 12.4. The average Bonchev–Trinajstić information content (AvgIpc) is 3.42. The lowest BCUT2D eigenvalue weighted by Crippen LogP contribution is -2.58. The Labute approximate surface area is 241 Å². The Morgan fingerprint density at radius 2 is 1.68 bits per heavy atom. The molecule has 11 heteroatoms. The normalized spacial score (nSPS) is 23.3. The fraction of sp³-hybridized carbons (Fsp3) is 0.600. The summed E-state index contributed by atoms with van der Waals surface area (Å²) in [6, 6.07) is 9.89. The van der Waals surface area contributed by atoms with Crippen LogP contribution in [0.25, 0.3) is 5.69 Å². The van der Waals surface area contributed by atoms with Crippen molar-refractivity contribution in [2.75, 3.05) is 51.1 Å². The van der Waals surface area contributed by atoms with Crippen molar-refractivity contribution in [2.45, 2.75) is 51.6 Å². The van der Waals surface area contributed by atoms with Crippen molar-refractivity contribution >= 4 is 17.8 Å². The highest BCUT2D eigenvalue weighted by Crippen LogP contribution is 2.51. The predicted octanol–water partition coefficient (Wildman–Crippen LogP) is 1.49. The Hall–Kier alpha value is -3.28. The van der Waals surface area contributed by atoms with Crippen LogP contribution in [-0.2, 0) is 11.2 Å². The molecule has 0 radical (unpaired) electrons. The first-order chi connectivity index (χ1) is 19.6. The van der Waals surface area contributed by atoms with E-state index in [1.54, 1.807) is 35.9 Å². The van der Waals surface area contributed by atoms with Crippen LogP contribution in [0.4, 0.5) is 10.6 Å². The maximum atomic E-state index is 12.8. The topological polar surface area (TPSA) is 143 Å². The van der Waals surface area contributed by atoms with Crippen LogP contribution < -0.4 is 22.5 Å². The van der Waals surface area contributed by atoms with Crippen LogP contribution in [0, 0.1) is 17.8 Å². The molecule has 3 aliphatic rings. The van der Waals surface area contributed by atoms with Crippen LogP contribution in [0.15, 0.2) is 41.3 Å². The van der Waals surface area contributed by atoms with Gasteiger partial charge in [0, 0.05) is 51.5 Å². The monoisotopic (exact) mass is 564 g/mol. The molecule has 1 aromatic carbocycles. The van der Waals surface area contributed by atoms with Crippen molar-refractivity contribution in [2.24, 2.45) is 29.2 Å². The molecule has 2 saturated heterocycles. The van der Waals surface area contributed by atoms with E-state index in [1.807, 2.05) is 12.1 Å². The summed E-state index contributed by atoms with van der Waals surface area (Å²) in [6.07, 6.45) is 4.95.